The highest BCUT2D eigenvalue weighted by Crippen LogP contribution is 2.04. The topological polar surface area (TPSA) is 26.3 Å². The summed E-state index contributed by atoms with van der Waals surface area (Å²) in [6, 6.07) is 0. The quantitative estimate of drug-likeness (QED) is 0.467. The lowest BCUT2D eigenvalue weighted by atomic mass is 10.2. The number of rotatable bonds is 6. The second-order valence-electron chi connectivity index (χ2n) is 3.31. The van der Waals surface area contributed by atoms with E-state index in [4.69, 9.17) is 4.74 Å². The van der Waals surface area contributed by atoms with Crippen molar-refractivity contribution in [2.24, 2.45) is 0 Å². The summed E-state index contributed by atoms with van der Waals surface area (Å²) >= 11 is 0. The van der Waals surface area contributed by atoms with Crippen LogP contribution >= 0.6 is 0 Å². The number of hydrogen-bond donors (Lipinski definition) is 0. The third-order valence-corrected chi connectivity index (χ3v) is 1.77. The van der Waals surface area contributed by atoms with Crippen LogP contribution in [0.2, 0.25) is 0 Å². The summed E-state index contributed by atoms with van der Waals surface area (Å²) in [6.45, 7) is 6.15. The normalized spacial score (nSPS) is 11.5. The molecule has 13 heavy (non-hydrogen) atoms. The molecule has 76 valence electrons. The van der Waals surface area contributed by atoms with Crippen molar-refractivity contribution in [1.82, 2.24) is 0 Å². The van der Waals surface area contributed by atoms with Crippen molar-refractivity contribution in [2.45, 2.75) is 52.9 Å². The fourth-order valence-corrected chi connectivity index (χ4v) is 1.000. The molecule has 0 N–H and O–H groups in total. The standard InChI is InChI=1S/C11H20O2/c1-4-6-8-11(12)13-9-10(3)7-5-2/h9H,4-8H2,1-3H3. The molecule has 0 fully saturated rings. The first-order valence-electron chi connectivity index (χ1n) is 5.05. The molecule has 0 radical (unpaired) electrons. The van der Waals surface area contributed by atoms with Crippen LogP contribution in [0.3, 0.4) is 0 Å². The molecule has 0 aliphatic rings. The zero-order valence-electron chi connectivity index (χ0n) is 8.93. The largest absolute Gasteiger partial charge is 0.435 e. The van der Waals surface area contributed by atoms with Crippen LogP contribution < -0.4 is 0 Å². The summed E-state index contributed by atoms with van der Waals surface area (Å²) in [4.78, 5) is 11.0. The first-order valence-corrected chi connectivity index (χ1v) is 5.05. The highest BCUT2D eigenvalue weighted by Gasteiger charge is 1.99. The first kappa shape index (κ1) is 12.2. The smallest absolute Gasteiger partial charge is 0.310 e. The summed E-state index contributed by atoms with van der Waals surface area (Å²) in [6.07, 6.45) is 6.16. The van der Waals surface area contributed by atoms with Gasteiger partial charge in [0.25, 0.3) is 0 Å². The van der Waals surface area contributed by atoms with Gasteiger partial charge in [-0.05, 0) is 25.3 Å². The first-order chi connectivity index (χ1) is 6.20. The Kier molecular flexibility index (Phi) is 7.36. The van der Waals surface area contributed by atoms with Crippen molar-refractivity contribution >= 4 is 5.97 Å². The molecule has 0 aromatic carbocycles. The maximum absolute atomic E-state index is 11.0. The van der Waals surface area contributed by atoms with E-state index in [-0.39, 0.29) is 5.97 Å². The number of allylic oxidation sites excluding steroid dienone is 1. The number of esters is 1. The molecule has 0 saturated heterocycles. The van der Waals surface area contributed by atoms with E-state index in [0.717, 1.165) is 31.3 Å². The average molecular weight is 184 g/mol. The maximum atomic E-state index is 11.0. The van der Waals surface area contributed by atoms with E-state index in [9.17, 15) is 4.79 Å². The van der Waals surface area contributed by atoms with E-state index in [1.807, 2.05) is 6.92 Å². The van der Waals surface area contributed by atoms with E-state index in [1.54, 1.807) is 6.26 Å². The minimum absolute atomic E-state index is 0.114. The van der Waals surface area contributed by atoms with Crippen molar-refractivity contribution in [3.05, 3.63) is 11.8 Å². The Bertz CT molecular complexity index is 171. The molecule has 0 atom stereocenters. The van der Waals surface area contributed by atoms with Crippen molar-refractivity contribution in [3.63, 3.8) is 0 Å². The highest BCUT2D eigenvalue weighted by molar-refractivity contribution is 5.69. The predicted molar refractivity (Wildman–Crippen MR) is 54.3 cm³/mol. The van der Waals surface area contributed by atoms with Crippen LogP contribution in [0.5, 0.6) is 0 Å². The molecule has 2 nitrogen and oxygen atoms in total. The molecule has 0 unspecified atom stereocenters. The molecule has 0 saturated carbocycles. The van der Waals surface area contributed by atoms with E-state index in [2.05, 4.69) is 13.8 Å². The van der Waals surface area contributed by atoms with Gasteiger partial charge in [-0.1, -0.05) is 26.7 Å². The van der Waals surface area contributed by atoms with Gasteiger partial charge in [0.2, 0.25) is 0 Å². The fourth-order valence-electron chi connectivity index (χ4n) is 1.000. The zero-order valence-corrected chi connectivity index (χ0v) is 8.93. The molecule has 2 heteroatoms. The Morgan fingerprint density at radius 3 is 2.46 bits per heavy atom. The van der Waals surface area contributed by atoms with Crippen LogP contribution in [0, 0.1) is 0 Å². The summed E-state index contributed by atoms with van der Waals surface area (Å²) in [5.74, 6) is -0.114. The lowest BCUT2D eigenvalue weighted by molar-refractivity contribution is -0.138. The van der Waals surface area contributed by atoms with Gasteiger partial charge in [-0.2, -0.15) is 0 Å². The average Bonchev–Trinajstić information content (AvgIpc) is 2.12. The molecule has 0 amide bonds. The van der Waals surface area contributed by atoms with Crippen molar-refractivity contribution in [1.29, 1.82) is 0 Å². The summed E-state index contributed by atoms with van der Waals surface area (Å²) < 4.78 is 4.96. The Morgan fingerprint density at radius 2 is 1.92 bits per heavy atom. The number of carbonyl (C=O) groups is 1. The van der Waals surface area contributed by atoms with Crippen LogP contribution in [0.25, 0.3) is 0 Å². The molecule has 0 aromatic heterocycles. The monoisotopic (exact) mass is 184 g/mol. The van der Waals surface area contributed by atoms with Crippen LogP contribution in [-0.4, -0.2) is 5.97 Å². The number of carbonyl (C=O) groups excluding carboxylic acids is 1. The second-order valence-corrected chi connectivity index (χ2v) is 3.31. The maximum Gasteiger partial charge on any atom is 0.310 e. The molecule has 0 spiro atoms. The van der Waals surface area contributed by atoms with E-state index >= 15 is 0 Å². The van der Waals surface area contributed by atoms with Crippen LogP contribution in [-0.2, 0) is 9.53 Å². The third kappa shape index (κ3) is 7.57. The Hall–Kier alpha value is -0.790. The number of hydrogen-bond acceptors (Lipinski definition) is 2. The lowest BCUT2D eigenvalue weighted by Crippen LogP contribution is -1.99. The third-order valence-electron chi connectivity index (χ3n) is 1.77. The second kappa shape index (κ2) is 7.84. The van der Waals surface area contributed by atoms with E-state index < -0.39 is 0 Å². The molecule has 0 bridgehead atoms. The fraction of sp³-hybridized carbons (Fsp3) is 0.727. The number of ether oxygens (including phenoxy) is 1. The molecule has 0 aromatic rings. The molecular weight excluding hydrogens is 164 g/mol. The van der Waals surface area contributed by atoms with Gasteiger partial charge in [0, 0.05) is 6.42 Å². The SMILES string of the molecule is CCCCC(=O)OC=C(C)CCC. The Balaban J connectivity index is 3.60. The molecule has 0 aliphatic heterocycles. The van der Waals surface area contributed by atoms with Crippen LogP contribution in [0.4, 0.5) is 0 Å². The van der Waals surface area contributed by atoms with E-state index in [0.29, 0.717) is 6.42 Å². The van der Waals surface area contributed by atoms with Crippen molar-refractivity contribution < 1.29 is 9.53 Å². The summed E-state index contributed by atoms with van der Waals surface area (Å²) in [7, 11) is 0. The minimum atomic E-state index is -0.114. The van der Waals surface area contributed by atoms with Gasteiger partial charge in [-0.15, -0.1) is 0 Å². The Labute approximate surface area is 81.0 Å². The van der Waals surface area contributed by atoms with Gasteiger partial charge < -0.3 is 4.74 Å². The highest BCUT2D eigenvalue weighted by atomic mass is 16.5. The van der Waals surface area contributed by atoms with Crippen LogP contribution in [0.1, 0.15) is 52.9 Å². The van der Waals surface area contributed by atoms with Gasteiger partial charge in [0.1, 0.15) is 0 Å². The van der Waals surface area contributed by atoms with Gasteiger partial charge in [0.15, 0.2) is 0 Å². The molecule has 0 heterocycles. The molecular formula is C11H20O2. The minimum Gasteiger partial charge on any atom is -0.435 e. The summed E-state index contributed by atoms with van der Waals surface area (Å²) in [5.41, 5.74) is 1.13. The molecule has 0 aliphatic carbocycles. The van der Waals surface area contributed by atoms with Gasteiger partial charge >= 0.3 is 5.97 Å². The van der Waals surface area contributed by atoms with Gasteiger partial charge in [-0.25, -0.2) is 0 Å². The van der Waals surface area contributed by atoms with Crippen molar-refractivity contribution in [3.8, 4) is 0 Å². The Morgan fingerprint density at radius 1 is 1.23 bits per heavy atom. The van der Waals surface area contributed by atoms with Crippen molar-refractivity contribution in [2.75, 3.05) is 0 Å². The molecule has 0 rings (SSSR count). The van der Waals surface area contributed by atoms with E-state index in [1.165, 1.54) is 0 Å². The van der Waals surface area contributed by atoms with Crippen LogP contribution in [0.15, 0.2) is 11.8 Å². The van der Waals surface area contributed by atoms with Gasteiger partial charge in [0.05, 0.1) is 6.26 Å². The predicted octanol–water partition coefficient (Wildman–Crippen LogP) is 3.42. The van der Waals surface area contributed by atoms with Gasteiger partial charge in [-0.3, -0.25) is 4.79 Å². The lowest BCUT2D eigenvalue weighted by Gasteiger charge is -2.00. The summed E-state index contributed by atoms with van der Waals surface area (Å²) in [5, 5.41) is 0. The number of unbranched alkanes of at least 4 members (excludes halogenated alkanes) is 1. The zero-order chi connectivity index (χ0) is 10.1.